The third-order valence-corrected chi connectivity index (χ3v) is 3.39. The van der Waals surface area contributed by atoms with Crippen molar-refractivity contribution in [3.05, 3.63) is 59.7 Å². The molecule has 0 bridgehead atoms. The topological polar surface area (TPSA) is 35.5 Å². The molecule has 0 radical (unpaired) electrons. The van der Waals surface area contributed by atoms with Crippen LogP contribution in [-0.4, -0.2) is 12.6 Å². The van der Waals surface area contributed by atoms with Crippen LogP contribution in [0, 0.1) is 6.92 Å². The van der Waals surface area contributed by atoms with E-state index in [1.165, 1.54) is 5.56 Å². The van der Waals surface area contributed by atoms with Crippen LogP contribution in [0.1, 0.15) is 31.9 Å². The van der Waals surface area contributed by atoms with Gasteiger partial charge in [0.25, 0.3) is 0 Å². The number of hydrogen-bond acceptors (Lipinski definition) is 3. The van der Waals surface area contributed by atoms with Crippen LogP contribution in [0.4, 0.5) is 0 Å². The first-order chi connectivity index (χ1) is 10.4. The van der Waals surface area contributed by atoms with E-state index >= 15 is 0 Å². The van der Waals surface area contributed by atoms with Gasteiger partial charge in [0.05, 0.1) is 0 Å². The van der Waals surface area contributed by atoms with Crippen molar-refractivity contribution in [2.45, 2.75) is 33.1 Å². The number of hydrogen-bond donors (Lipinski definition) is 0. The first kappa shape index (κ1) is 16.1. The Morgan fingerprint density at radius 3 is 2.23 bits per heavy atom. The predicted molar refractivity (Wildman–Crippen MR) is 87.5 cm³/mol. The fourth-order valence-corrected chi connectivity index (χ4v) is 2.02. The number of carbonyl (C=O) groups excluding carboxylic acids is 1. The molecular weight excluding hydrogens is 276 g/mol. The minimum atomic E-state index is -0.408. The molecular formula is C19H22O3. The maximum absolute atomic E-state index is 11.8. The highest BCUT2D eigenvalue weighted by molar-refractivity contribution is 5.74. The lowest BCUT2D eigenvalue weighted by Gasteiger charge is -2.19. The molecule has 0 aliphatic heterocycles. The lowest BCUT2D eigenvalue weighted by Crippen LogP contribution is -2.18. The van der Waals surface area contributed by atoms with Crippen molar-refractivity contribution >= 4 is 5.97 Å². The van der Waals surface area contributed by atoms with E-state index in [0.717, 1.165) is 5.56 Å². The van der Waals surface area contributed by atoms with E-state index in [2.05, 4.69) is 20.8 Å². The number of aryl methyl sites for hydroxylation is 1. The third kappa shape index (κ3) is 4.35. The van der Waals surface area contributed by atoms with E-state index < -0.39 is 5.97 Å². The summed E-state index contributed by atoms with van der Waals surface area (Å²) in [6.07, 6.45) is 0. The molecule has 0 amide bonds. The largest absolute Gasteiger partial charge is 0.482 e. The fraction of sp³-hybridized carbons (Fsp3) is 0.316. The summed E-state index contributed by atoms with van der Waals surface area (Å²) < 4.78 is 10.8. The molecule has 0 spiro atoms. The monoisotopic (exact) mass is 298 g/mol. The van der Waals surface area contributed by atoms with Gasteiger partial charge in [-0.1, -0.05) is 51.1 Å². The van der Waals surface area contributed by atoms with Crippen LogP contribution in [0.15, 0.2) is 48.5 Å². The Kier molecular flexibility index (Phi) is 4.86. The second kappa shape index (κ2) is 6.65. The summed E-state index contributed by atoms with van der Waals surface area (Å²) in [4.78, 5) is 11.8. The van der Waals surface area contributed by atoms with Crippen LogP contribution in [0.5, 0.6) is 11.5 Å². The van der Waals surface area contributed by atoms with Gasteiger partial charge in [0.1, 0.15) is 11.5 Å². The van der Waals surface area contributed by atoms with Crippen molar-refractivity contribution in [1.29, 1.82) is 0 Å². The lowest BCUT2D eigenvalue weighted by molar-refractivity contribution is -0.136. The maximum atomic E-state index is 11.8. The van der Waals surface area contributed by atoms with Crippen molar-refractivity contribution in [3.8, 4) is 11.5 Å². The van der Waals surface area contributed by atoms with E-state index in [0.29, 0.717) is 11.5 Å². The number of benzene rings is 2. The van der Waals surface area contributed by atoms with Crippen LogP contribution >= 0.6 is 0 Å². The molecule has 2 aromatic rings. The Labute approximate surface area is 131 Å². The average Bonchev–Trinajstić information content (AvgIpc) is 2.47. The number of carbonyl (C=O) groups is 1. The number of esters is 1. The van der Waals surface area contributed by atoms with Crippen molar-refractivity contribution in [2.75, 3.05) is 6.61 Å². The van der Waals surface area contributed by atoms with Crippen LogP contribution < -0.4 is 9.47 Å². The molecule has 0 fully saturated rings. The van der Waals surface area contributed by atoms with Gasteiger partial charge in [-0.25, -0.2) is 4.79 Å². The Balaban J connectivity index is 1.90. The maximum Gasteiger partial charge on any atom is 0.349 e. The molecule has 0 aromatic heterocycles. The number of rotatable bonds is 4. The van der Waals surface area contributed by atoms with Gasteiger partial charge in [0.15, 0.2) is 6.61 Å². The Hall–Kier alpha value is -2.29. The van der Waals surface area contributed by atoms with E-state index in [-0.39, 0.29) is 12.0 Å². The summed E-state index contributed by atoms with van der Waals surface area (Å²) in [6.45, 7) is 8.26. The quantitative estimate of drug-likeness (QED) is 0.624. The fourth-order valence-electron chi connectivity index (χ4n) is 2.02. The normalized spacial score (nSPS) is 11.1. The van der Waals surface area contributed by atoms with Crippen molar-refractivity contribution in [3.63, 3.8) is 0 Å². The van der Waals surface area contributed by atoms with Gasteiger partial charge in [-0.05, 0) is 41.7 Å². The number of para-hydroxylation sites is 1. The summed E-state index contributed by atoms with van der Waals surface area (Å²) in [5.41, 5.74) is 2.25. The minimum Gasteiger partial charge on any atom is -0.482 e. The van der Waals surface area contributed by atoms with E-state index in [4.69, 9.17) is 9.47 Å². The first-order valence-electron chi connectivity index (χ1n) is 7.36. The van der Waals surface area contributed by atoms with Crippen LogP contribution in [-0.2, 0) is 10.2 Å². The Morgan fingerprint density at radius 2 is 1.64 bits per heavy atom. The lowest BCUT2D eigenvalue weighted by atomic mass is 9.87. The standard InChI is InChI=1S/C19H22O3/c1-14-7-5-6-8-17(14)22-18(20)13-21-16-11-9-15(10-12-16)19(2,3)4/h5-12H,13H2,1-4H3. The average molecular weight is 298 g/mol. The van der Waals surface area contributed by atoms with Gasteiger partial charge < -0.3 is 9.47 Å². The molecule has 0 unspecified atom stereocenters. The van der Waals surface area contributed by atoms with Crippen molar-refractivity contribution in [2.24, 2.45) is 0 Å². The first-order valence-corrected chi connectivity index (χ1v) is 7.36. The van der Waals surface area contributed by atoms with Crippen molar-refractivity contribution in [1.82, 2.24) is 0 Å². The van der Waals surface area contributed by atoms with Gasteiger partial charge in [0.2, 0.25) is 0 Å². The third-order valence-electron chi connectivity index (χ3n) is 3.39. The minimum absolute atomic E-state index is 0.0995. The SMILES string of the molecule is Cc1ccccc1OC(=O)COc1ccc(C(C)(C)C)cc1. The predicted octanol–water partition coefficient (Wildman–Crippen LogP) is 4.28. The molecule has 2 rings (SSSR count). The molecule has 0 aliphatic rings. The Morgan fingerprint density at radius 1 is 1.00 bits per heavy atom. The molecule has 0 aliphatic carbocycles. The smallest absolute Gasteiger partial charge is 0.349 e. The molecule has 0 heterocycles. The Bertz CT molecular complexity index is 636. The molecule has 22 heavy (non-hydrogen) atoms. The van der Waals surface area contributed by atoms with E-state index in [1.807, 2.05) is 49.4 Å². The van der Waals surface area contributed by atoms with E-state index in [9.17, 15) is 4.79 Å². The zero-order valence-corrected chi connectivity index (χ0v) is 13.6. The number of ether oxygens (including phenoxy) is 2. The van der Waals surface area contributed by atoms with Crippen LogP contribution in [0.25, 0.3) is 0 Å². The summed E-state index contributed by atoms with van der Waals surface area (Å²) in [6, 6.07) is 15.2. The van der Waals surface area contributed by atoms with Gasteiger partial charge in [0, 0.05) is 0 Å². The molecule has 116 valence electrons. The summed E-state index contributed by atoms with van der Waals surface area (Å²) in [5.74, 6) is 0.822. The molecule has 3 nitrogen and oxygen atoms in total. The van der Waals surface area contributed by atoms with Crippen LogP contribution in [0.2, 0.25) is 0 Å². The molecule has 2 aromatic carbocycles. The zero-order chi connectivity index (χ0) is 16.2. The van der Waals surface area contributed by atoms with Gasteiger partial charge in [-0.3, -0.25) is 0 Å². The van der Waals surface area contributed by atoms with Gasteiger partial charge >= 0.3 is 5.97 Å². The van der Waals surface area contributed by atoms with Crippen LogP contribution in [0.3, 0.4) is 0 Å². The van der Waals surface area contributed by atoms with Crippen molar-refractivity contribution < 1.29 is 14.3 Å². The molecule has 0 saturated carbocycles. The summed E-state index contributed by atoms with van der Waals surface area (Å²) in [7, 11) is 0. The van der Waals surface area contributed by atoms with Gasteiger partial charge in [-0.15, -0.1) is 0 Å². The zero-order valence-electron chi connectivity index (χ0n) is 13.6. The van der Waals surface area contributed by atoms with E-state index in [1.54, 1.807) is 6.07 Å². The van der Waals surface area contributed by atoms with Gasteiger partial charge in [-0.2, -0.15) is 0 Å². The molecule has 0 N–H and O–H groups in total. The second-order valence-corrected chi connectivity index (χ2v) is 6.30. The summed E-state index contributed by atoms with van der Waals surface area (Å²) >= 11 is 0. The highest BCUT2D eigenvalue weighted by Gasteiger charge is 2.13. The second-order valence-electron chi connectivity index (χ2n) is 6.30. The molecule has 0 saturated heterocycles. The highest BCUT2D eigenvalue weighted by atomic mass is 16.6. The molecule has 3 heteroatoms. The highest BCUT2D eigenvalue weighted by Crippen LogP contribution is 2.24. The molecule has 0 atom stereocenters. The summed E-state index contributed by atoms with van der Waals surface area (Å²) in [5, 5.41) is 0.